The van der Waals surface area contributed by atoms with E-state index in [1.54, 1.807) is 7.11 Å². The third-order valence-electron chi connectivity index (χ3n) is 9.27. The lowest BCUT2D eigenvalue weighted by molar-refractivity contribution is -0.686. The van der Waals surface area contributed by atoms with Crippen molar-refractivity contribution in [1.82, 2.24) is 16.0 Å². The standard InChI is InChI=1S/C34H40N4O6S/c1-41-27-10-9-21-15-26-23-17-29-28(43-20-44-29)16-22(23)11-13-38(26)18-24(21)33(27)42-14-6-2-5-12-35-31(39)8-4-3-7-30-32-25(19-45-30)36-34(40)37-32/h9-10,15-18,25,30,32H,2-8,11-14,19-20H2,1H3,(H2-,35,36,37,39,40)/p+1/t25-,30-,32-/m0/s1. The molecule has 0 unspecified atom stereocenters. The van der Waals surface area contributed by atoms with Gasteiger partial charge in [0.1, 0.15) is 0 Å². The summed E-state index contributed by atoms with van der Waals surface area (Å²) in [5.41, 5.74) is 3.61. The van der Waals surface area contributed by atoms with Crippen LogP contribution in [0.2, 0.25) is 0 Å². The van der Waals surface area contributed by atoms with E-state index in [1.807, 2.05) is 17.8 Å². The summed E-state index contributed by atoms with van der Waals surface area (Å²) in [6.45, 7) is 2.40. The summed E-state index contributed by atoms with van der Waals surface area (Å²) >= 11 is 1.92. The molecule has 0 radical (unpaired) electrons. The van der Waals surface area contributed by atoms with E-state index in [9.17, 15) is 9.59 Å². The van der Waals surface area contributed by atoms with Crippen LogP contribution < -0.4 is 39.5 Å². The maximum atomic E-state index is 12.3. The zero-order valence-corrected chi connectivity index (χ0v) is 26.5. The Balaban J connectivity index is 0.860. The molecule has 10 nitrogen and oxygen atoms in total. The number of aryl methyl sites for hydroxylation is 2. The van der Waals surface area contributed by atoms with E-state index in [4.69, 9.17) is 18.9 Å². The minimum atomic E-state index is -0.0472. The minimum Gasteiger partial charge on any atom is -0.493 e. The Morgan fingerprint density at radius 2 is 1.98 bits per heavy atom. The molecule has 2 saturated heterocycles. The lowest BCUT2D eigenvalue weighted by Crippen LogP contribution is -2.40. The molecule has 2 aromatic carbocycles. The van der Waals surface area contributed by atoms with Crippen molar-refractivity contribution < 1.29 is 33.1 Å². The van der Waals surface area contributed by atoms with Gasteiger partial charge in [0.25, 0.3) is 0 Å². The number of urea groups is 1. The van der Waals surface area contributed by atoms with E-state index in [1.165, 1.54) is 11.1 Å². The average Bonchev–Trinajstić information content (AvgIpc) is 3.76. The molecule has 238 valence electrons. The third kappa shape index (κ3) is 6.32. The van der Waals surface area contributed by atoms with Gasteiger partial charge in [-0.05, 0) is 67.3 Å². The number of methoxy groups -OCH3 is 1. The van der Waals surface area contributed by atoms with Gasteiger partial charge in [0.05, 0.1) is 36.8 Å². The largest absolute Gasteiger partial charge is 0.493 e. The number of carbonyl (C=O) groups excluding carboxylic acids is 2. The Morgan fingerprint density at radius 1 is 1.09 bits per heavy atom. The van der Waals surface area contributed by atoms with E-state index in [0.717, 1.165) is 96.7 Å². The normalized spacial score (nSPS) is 20.6. The molecular formula is C34H41N4O6S+. The fourth-order valence-corrected chi connectivity index (χ4v) is 8.42. The fourth-order valence-electron chi connectivity index (χ4n) is 6.88. The van der Waals surface area contributed by atoms with Crippen LogP contribution in [0.5, 0.6) is 23.0 Å². The van der Waals surface area contributed by atoms with Crippen LogP contribution >= 0.6 is 11.8 Å². The monoisotopic (exact) mass is 633 g/mol. The van der Waals surface area contributed by atoms with Crippen molar-refractivity contribution in [1.29, 1.82) is 0 Å². The molecule has 0 aliphatic carbocycles. The van der Waals surface area contributed by atoms with Gasteiger partial charge in [0.2, 0.25) is 18.4 Å². The predicted molar refractivity (Wildman–Crippen MR) is 172 cm³/mol. The Kier molecular flexibility index (Phi) is 8.78. The number of hydrogen-bond acceptors (Lipinski definition) is 7. The number of aromatic nitrogens is 1. The molecule has 0 saturated carbocycles. The van der Waals surface area contributed by atoms with Crippen LogP contribution in [0.15, 0.2) is 36.5 Å². The van der Waals surface area contributed by atoms with Crippen LogP contribution in [0.3, 0.4) is 0 Å². The highest BCUT2D eigenvalue weighted by atomic mass is 32.2. The van der Waals surface area contributed by atoms with Crippen molar-refractivity contribution in [3.63, 3.8) is 0 Å². The number of unbranched alkanes of at least 4 members (excludes halogenated alkanes) is 3. The quantitative estimate of drug-likeness (QED) is 0.145. The second kappa shape index (κ2) is 13.2. The second-order valence-corrected chi connectivity index (χ2v) is 13.5. The van der Waals surface area contributed by atoms with Crippen molar-refractivity contribution in [3.8, 4) is 34.3 Å². The number of benzene rings is 2. The number of thioether (sulfide) groups is 1. The summed E-state index contributed by atoms with van der Waals surface area (Å²) in [4.78, 5) is 23.9. The summed E-state index contributed by atoms with van der Waals surface area (Å²) in [5, 5.41) is 11.7. The zero-order chi connectivity index (χ0) is 30.8. The van der Waals surface area contributed by atoms with Crippen molar-refractivity contribution in [3.05, 3.63) is 42.1 Å². The summed E-state index contributed by atoms with van der Waals surface area (Å²) in [6, 6.07) is 10.9. The van der Waals surface area contributed by atoms with Gasteiger partial charge in [-0.25, -0.2) is 4.79 Å². The van der Waals surface area contributed by atoms with Gasteiger partial charge in [0, 0.05) is 36.5 Å². The number of rotatable bonds is 13. The molecule has 3 aromatic rings. The molecule has 0 spiro atoms. The Bertz CT molecular complexity index is 1600. The van der Waals surface area contributed by atoms with E-state index in [2.05, 4.69) is 51.0 Å². The van der Waals surface area contributed by atoms with Crippen LogP contribution in [0.25, 0.3) is 22.0 Å². The molecule has 3 amide bonds. The van der Waals surface area contributed by atoms with E-state index >= 15 is 0 Å². The minimum absolute atomic E-state index is 0.0472. The van der Waals surface area contributed by atoms with Crippen LogP contribution in [0.4, 0.5) is 4.79 Å². The zero-order valence-electron chi connectivity index (χ0n) is 25.7. The van der Waals surface area contributed by atoms with Crippen LogP contribution in [-0.4, -0.2) is 62.1 Å². The second-order valence-electron chi connectivity index (χ2n) is 12.2. The first-order chi connectivity index (χ1) is 22.1. The van der Waals surface area contributed by atoms with Crippen molar-refractivity contribution in [2.24, 2.45) is 0 Å². The lowest BCUT2D eigenvalue weighted by Gasteiger charge is -2.18. The number of carbonyl (C=O) groups is 2. The summed E-state index contributed by atoms with van der Waals surface area (Å²) in [5.74, 6) is 4.22. The van der Waals surface area contributed by atoms with Crippen molar-refractivity contribution in [2.75, 3.05) is 32.8 Å². The van der Waals surface area contributed by atoms with Crippen LogP contribution in [0, 0.1) is 0 Å². The maximum Gasteiger partial charge on any atom is 0.315 e. The van der Waals surface area contributed by atoms with E-state index in [-0.39, 0.29) is 30.8 Å². The molecule has 0 bridgehead atoms. The number of fused-ring (bicyclic) bond motifs is 6. The smallest absolute Gasteiger partial charge is 0.315 e. The van der Waals surface area contributed by atoms with Gasteiger partial charge in [-0.2, -0.15) is 16.3 Å². The lowest BCUT2D eigenvalue weighted by atomic mass is 9.95. The number of amides is 3. The summed E-state index contributed by atoms with van der Waals surface area (Å²) < 4.78 is 25.6. The summed E-state index contributed by atoms with van der Waals surface area (Å²) in [6.07, 6.45) is 9.33. The van der Waals surface area contributed by atoms with Gasteiger partial charge in [-0.15, -0.1) is 0 Å². The Morgan fingerprint density at radius 3 is 2.87 bits per heavy atom. The topological polar surface area (TPSA) is 111 Å². The molecule has 2 fully saturated rings. The fraction of sp³-hybridized carbons (Fsp3) is 0.500. The molecular weight excluding hydrogens is 592 g/mol. The average molecular weight is 634 g/mol. The van der Waals surface area contributed by atoms with E-state index < -0.39 is 0 Å². The van der Waals surface area contributed by atoms with Crippen LogP contribution in [-0.2, 0) is 17.8 Å². The van der Waals surface area contributed by atoms with Gasteiger partial charge in [-0.1, -0.05) is 6.42 Å². The molecule has 3 N–H and O–H groups in total. The third-order valence-corrected chi connectivity index (χ3v) is 10.8. The molecule has 3 atom stereocenters. The predicted octanol–water partition coefficient (Wildman–Crippen LogP) is 4.48. The number of nitrogens with zero attached hydrogens (tertiary/aromatic N) is 1. The van der Waals surface area contributed by atoms with E-state index in [0.29, 0.717) is 24.8 Å². The molecule has 4 aliphatic heterocycles. The highest BCUT2D eigenvalue weighted by molar-refractivity contribution is 8.00. The SMILES string of the molecule is COc1ccc2cc3[n+](cc2c1OCCCCCNC(=O)CCCC[C@@H]1SC[C@@H]2NC(=O)N[C@@H]21)CCc1cc2c(cc1-3)OCO2. The molecule has 4 aliphatic rings. The molecule has 5 heterocycles. The number of hydrogen-bond donors (Lipinski definition) is 3. The summed E-state index contributed by atoms with van der Waals surface area (Å²) in [7, 11) is 1.68. The molecule has 11 heteroatoms. The Labute approximate surface area is 267 Å². The molecule has 1 aromatic heterocycles. The Hall–Kier alpha value is -3.86. The first kappa shape index (κ1) is 29.8. The van der Waals surface area contributed by atoms with Crippen LogP contribution in [0.1, 0.15) is 50.5 Å². The molecule has 45 heavy (non-hydrogen) atoms. The van der Waals surface area contributed by atoms with Gasteiger partial charge in [0.15, 0.2) is 35.7 Å². The van der Waals surface area contributed by atoms with Gasteiger partial charge >= 0.3 is 6.03 Å². The van der Waals surface area contributed by atoms with Gasteiger partial charge < -0.3 is 34.9 Å². The number of ether oxygens (including phenoxy) is 4. The number of pyridine rings is 1. The highest BCUT2D eigenvalue weighted by Gasteiger charge is 2.42. The highest BCUT2D eigenvalue weighted by Crippen LogP contribution is 2.42. The maximum absolute atomic E-state index is 12.3. The first-order valence-electron chi connectivity index (χ1n) is 16.1. The van der Waals surface area contributed by atoms with Crippen molar-refractivity contribution >= 4 is 34.5 Å². The van der Waals surface area contributed by atoms with Crippen molar-refractivity contribution in [2.45, 2.75) is 75.2 Å². The first-order valence-corrected chi connectivity index (χ1v) is 17.2. The molecule has 7 rings (SSSR count). The van der Waals surface area contributed by atoms with Gasteiger partial charge in [-0.3, -0.25) is 4.79 Å². The number of nitrogens with one attached hydrogen (secondary N) is 3.